The van der Waals surface area contributed by atoms with Gasteiger partial charge in [0.1, 0.15) is 0 Å². The van der Waals surface area contributed by atoms with E-state index in [4.69, 9.17) is 11.5 Å². The van der Waals surface area contributed by atoms with E-state index in [1.54, 1.807) is 0 Å². The molecular weight excluding hydrogens is 136 g/mol. The van der Waals surface area contributed by atoms with Crippen molar-refractivity contribution >= 4 is 0 Å². The van der Waals surface area contributed by atoms with Crippen LogP contribution in [0.15, 0.2) is 23.3 Å². The van der Waals surface area contributed by atoms with Crippen LogP contribution in [0.5, 0.6) is 0 Å². The van der Waals surface area contributed by atoms with Crippen molar-refractivity contribution in [2.24, 2.45) is 17.4 Å². The van der Waals surface area contributed by atoms with Gasteiger partial charge in [-0.25, -0.2) is 0 Å². The molecule has 1 aliphatic rings. The molecule has 4 N–H and O–H groups in total. The van der Waals surface area contributed by atoms with Crippen molar-refractivity contribution in [3.8, 4) is 0 Å². The molecule has 0 saturated heterocycles. The van der Waals surface area contributed by atoms with Gasteiger partial charge in [-0.3, -0.25) is 0 Å². The number of allylic oxidation sites excluding steroid dienone is 2. The van der Waals surface area contributed by atoms with Crippen LogP contribution in [0, 0.1) is 5.92 Å². The zero-order chi connectivity index (χ0) is 8.43. The van der Waals surface area contributed by atoms with E-state index in [1.165, 1.54) is 11.1 Å². The van der Waals surface area contributed by atoms with Crippen LogP contribution < -0.4 is 11.5 Å². The van der Waals surface area contributed by atoms with Gasteiger partial charge in [0.15, 0.2) is 0 Å². The Kier molecular flexibility index (Phi) is 2.47. The minimum atomic E-state index is 0.115. The van der Waals surface area contributed by atoms with Gasteiger partial charge in [-0.2, -0.15) is 0 Å². The highest BCUT2D eigenvalue weighted by Gasteiger charge is 2.16. The number of rotatable bonds is 1. The Hall–Kier alpha value is -0.600. The highest BCUT2D eigenvalue weighted by atomic mass is 14.7. The summed E-state index contributed by atoms with van der Waals surface area (Å²) in [5, 5.41) is 0. The summed E-state index contributed by atoms with van der Waals surface area (Å²) in [6.07, 6.45) is 4.26. The third-order valence-electron chi connectivity index (χ3n) is 2.30. The molecule has 62 valence electrons. The highest BCUT2D eigenvalue weighted by Crippen LogP contribution is 2.20. The van der Waals surface area contributed by atoms with E-state index in [0.717, 1.165) is 0 Å². The van der Waals surface area contributed by atoms with Crippen molar-refractivity contribution in [3.05, 3.63) is 23.3 Å². The summed E-state index contributed by atoms with van der Waals surface area (Å²) < 4.78 is 0. The molecule has 2 heteroatoms. The second-order valence-corrected chi connectivity index (χ2v) is 3.18. The van der Waals surface area contributed by atoms with Gasteiger partial charge in [0.05, 0.1) is 0 Å². The summed E-state index contributed by atoms with van der Waals surface area (Å²) in [5.74, 6) is 0.332. The van der Waals surface area contributed by atoms with E-state index in [2.05, 4.69) is 26.0 Å². The van der Waals surface area contributed by atoms with Gasteiger partial charge >= 0.3 is 0 Å². The van der Waals surface area contributed by atoms with E-state index in [1.807, 2.05) is 0 Å². The number of nitrogens with two attached hydrogens (primary N) is 2. The minimum absolute atomic E-state index is 0.115. The maximum Gasteiger partial charge on any atom is 0.0305 e. The molecule has 2 unspecified atom stereocenters. The normalized spacial score (nSPS) is 31.3. The number of hydrogen-bond acceptors (Lipinski definition) is 2. The van der Waals surface area contributed by atoms with Crippen LogP contribution in [0.3, 0.4) is 0 Å². The first kappa shape index (κ1) is 8.50. The molecule has 0 aliphatic heterocycles. The van der Waals surface area contributed by atoms with E-state index < -0.39 is 0 Å². The minimum Gasteiger partial charge on any atom is -0.330 e. The molecule has 0 spiro atoms. The van der Waals surface area contributed by atoms with Crippen molar-refractivity contribution in [1.82, 2.24) is 0 Å². The fourth-order valence-corrected chi connectivity index (χ4v) is 1.33. The Morgan fingerprint density at radius 2 is 1.82 bits per heavy atom. The topological polar surface area (TPSA) is 52.0 Å². The fraction of sp³-hybridized carbons (Fsp3) is 0.556. The van der Waals surface area contributed by atoms with Crippen molar-refractivity contribution in [2.45, 2.75) is 19.9 Å². The van der Waals surface area contributed by atoms with Crippen LogP contribution in [-0.2, 0) is 0 Å². The molecule has 1 aliphatic carbocycles. The summed E-state index contributed by atoms with van der Waals surface area (Å²) in [6, 6.07) is 0.115. The monoisotopic (exact) mass is 152 g/mol. The smallest absolute Gasteiger partial charge is 0.0305 e. The van der Waals surface area contributed by atoms with Crippen molar-refractivity contribution in [1.29, 1.82) is 0 Å². The van der Waals surface area contributed by atoms with Crippen LogP contribution in [-0.4, -0.2) is 12.6 Å². The summed E-state index contributed by atoms with van der Waals surface area (Å²) in [6.45, 7) is 4.82. The quantitative estimate of drug-likeness (QED) is 0.583. The Labute approximate surface area is 68.0 Å². The van der Waals surface area contributed by atoms with Crippen LogP contribution >= 0.6 is 0 Å². The molecule has 2 atom stereocenters. The first-order chi connectivity index (χ1) is 5.15. The zero-order valence-electron chi connectivity index (χ0n) is 7.17. The van der Waals surface area contributed by atoms with Crippen LogP contribution in [0.1, 0.15) is 13.8 Å². The molecule has 0 bridgehead atoms. The SMILES string of the molecule is CC1=CC(N)C(CN)C=C1C. The van der Waals surface area contributed by atoms with Gasteiger partial charge in [-0.15, -0.1) is 0 Å². The van der Waals surface area contributed by atoms with Crippen LogP contribution in [0.25, 0.3) is 0 Å². The van der Waals surface area contributed by atoms with Gasteiger partial charge < -0.3 is 11.5 Å². The average molecular weight is 152 g/mol. The van der Waals surface area contributed by atoms with Gasteiger partial charge in [0, 0.05) is 18.5 Å². The molecule has 1 rings (SSSR count). The molecule has 0 saturated carbocycles. The molecule has 0 fully saturated rings. The lowest BCUT2D eigenvalue weighted by Crippen LogP contribution is -2.34. The van der Waals surface area contributed by atoms with Gasteiger partial charge in [-0.05, 0) is 13.8 Å². The lowest BCUT2D eigenvalue weighted by molar-refractivity contribution is 0.573. The predicted molar refractivity (Wildman–Crippen MR) is 48.0 cm³/mol. The lowest BCUT2D eigenvalue weighted by atomic mass is 9.88. The first-order valence-corrected chi connectivity index (χ1v) is 3.98. The summed E-state index contributed by atoms with van der Waals surface area (Å²) in [4.78, 5) is 0. The van der Waals surface area contributed by atoms with Gasteiger partial charge in [-0.1, -0.05) is 23.3 Å². The maximum absolute atomic E-state index is 5.84. The van der Waals surface area contributed by atoms with Crippen LogP contribution in [0.4, 0.5) is 0 Å². The molecule has 11 heavy (non-hydrogen) atoms. The molecule has 0 aromatic carbocycles. The molecule has 0 aromatic rings. The van der Waals surface area contributed by atoms with E-state index in [0.29, 0.717) is 12.5 Å². The highest BCUT2D eigenvalue weighted by molar-refractivity contribution is 5.33. The molecule has 0 heterocycles. The Morgan fingerprint density at radius 3 is 2.36 bits per heavy atom. The molecule has 2 nitrogen and oxygen atoms in total. The van der Waals surface area contributed by atoms with E-state index >= 15 is 0 Å². The van der Waals surface area contributed by atoms with Crippen molar-refractivity contribution in [3.63, 3.8) is 0 Å². The second kappa shape index (κ2) is 3.20. The molecular formula is C9H16N2. The second-order valence-electron chi connectivity index (χ2n) is 3.18. The van der Waals surface area contributed by atoms with Crippen LogP contribution in [0.2, 0.25) is 0 Å². The summed E-state index contributed by atoms with van der Waals surface area (Å²) >= 11 is 0. The third kappa shape index (κ3) is 1.70. The first-order valence-electron chi connectivity index (χ1n) is 3.98. The van der Waals surface area contributed by atoms with Gasteiger partial charge in [0.25, 0.3) is 0 Å². The standard InChI is InChI=1S/C9H16N2/c1-6-3-8(5-10)9(11)4-7(6)2/h3-4,8-9H,5,10-11H2,1-2H3. The third-order valence-corrected chi connectivity index (χ3v) is 2.30. The van der Waals surface area contributed by atoms with E-state index in [-0.39, 0.29) is 6.04 Å². The van der Waals surface area contributed by atoms with Gasteiger partial charge in [0.2, 0.25) is 0 Å². The zero-order valence-corrected chi connectivity index (χ0v) is 7.17. The lowest BCUT2D eigenvalue weighted by Gasteiger charge is -2.22. The van der Waals surface area contributed by atoms with Crippen molar-refractivity contribution in [2.75, 3.05) is 6.54 Å². The Balaban J connectivity index is 2.79. The predicted octanol–water partition coefficient (Wildman–Crippen LogP) is 0.795. The largest absolute Gasteiger partial charge is 0.330 e. The number of hydrogen-bond donors (Lipinski definition) is 2. The van der Waals surface area contributed by atoms with Crippen molar-refractivity contribution < 1.29 is 0 Å². The van der Waals surface area contributed by atoms with E-state index in [9.17, 15) is 0 Å². The Bertz CT molecular complexity index is 204. The molecule has 0 aromatic heterocycles. The summed E-state index contributed by atoms with van der Waals surface area (Å²) in [7, 11) is 0. The Morgan fingerprint density at radius 1 is 1.27 bits per heavy atom. The maximum atomic E-state index is 5.84. The fourth-order valence-electron chi connectivity index (χ4n) is 1.33. The molecule has 0 amide bonds. The average Bonchev–Trinajstić information content (AvgIpc) is 1.97. The summed E-state index contributed by atoms with van der Waals surface area (Å²) in [5.41, 5.74) is 14.0. The molecule has 0 radical (unpaired) electrons.